The van der Waals surface area contributed by atoms with Crippen LogP contribution < -0.4 is 9.47 Å². The van der Waals surface area contributed by atoms with Crippen LogP contribution >= 0.6 is 11.3 Å². The Balaban J connectivity index is 1.55. The summed E-state index contributed by atoms with van der Waals surface area (Å²) in [4.78, 5) is 17.1. The molecule has 0 saturated heterocycles. The molecule has 6 nitrogen and oxygen atoms in total. The van der Waals surface area contributed by atoms with E-state index in [4.69, 9.17) is 9.47 Å². The fourth-order valence-corrected chi connectivity index (χ4v) is 4.19. The Morgan fingerprint density at radius 1 is 1.15 bits per heavy atom. The van der Waals surface area contributed by atoms with Gasteiger partial charge < -0.3 is 14.4 Å². The minimum atomic E-state index is -0.0637. The third-order valence-corrected chi connectivity index (χ3v) is 5.84. The van der Waals surface area contributed by atoms with Crippen molar-refractivity contribution in [1.29, 1.82) is 0 Å². The monoisotopic (exact) mass is 383 g/mol. The van der Waals surface area contributed by atoms with Crippen molar-refractivity contribution in [2.24, 2.45) is 0 Å². The van der Waals surface area contributed by atoms with E-state index in [1.54, 1.807) is 25.6 Å². The smallest absolute Gasteiger partial charge is 0.274 e. The highest BCUT2D eigenvalue weighted by Gasteiger charge is 2.25. The highest BCUT2D eigenvalue weighted by molar-refractivity contribution is 7.15. The van der Waals surface area contributed by atoms with Crippen molar-refractivity contribution >= 4 is 17.2 Å². The van der Waals surface area contributed by atoms with E-state index >= 15 is 0 Å². The van der Waals surface area contributed by atoms with Crippen LogP contribution in [-0.4, -0.2) is 41.8 Å². The van der Waals surface area contributed by atoms with E-state index < -0.39 is 0 Å². The number of carbonyl (C=O) groups is 1. The number of rotatable bonds is 4. The minimum Gasteiger partial charge on any atom is -0.493 e. The first kappa shape index (κ1) is 17.6. The fraction of sp³-hybridized carbons (Fsp3) is 0.300. The van der Waals surface area contributed by atoms with Crippen molar-refractivity contribution in [1.82, 2.24) is 15.1 Å². The molecule has 1 N–H and O–H groups in total. The van der Waals surface area contributed by atoms with Gasteiger partial charge in [0.15, 0.2) is 17.2 Å². The molecule has 0 bridgehead atoms. The van der Waals surface area contributed by atoms with Crippen molar-refractivity contribution in [2.45, 2.75) is 19.9 Å². The van der Waals surface area contributed by atoms with Crippen LogP contribution in [0, 0.1) is 6.92 Å². The molecule has 0 aliphatic carbocycles. The number of H-pyrrole nitrogens is 1. The molecular formula is C20H21N3O3S. The van der Waals surface area contributed by atoms with E-state index in [-0.39, 0.29) is 5.91 Å². The fourth-order valence-electron chi connectivity index (χ4n) is 3.36. The third-order valence-electron chi connectivity index (χ3n) is 4.81. The predicted molar refractivity (Wildman–Crippen MR) is 105 cm³/mol. The lowest BCUT2D eigenvalue weighted by Crippen LogP contribution is -2.36. The molecule has 140 valence electrons. The first-order valence-corrected chi connectivity index (χ1v) is 9.56. The number of nitrogens with one attached hydrogen (secondary N) is 1. The normalized spacial score (nSPS) is 13.4. The van der Waals surface area contributed by atoms with Crippen LogP contribution in [0.25, 0.3) is 10.6 Å². The van der Waals surface area contributed by atoms with Gasteiger partial charge in [-0.25, -0.2) is 0 Å². The largest absolute Gasteiger partial charge is 0.493 e. The summed E-state index contributed by atoms with van der Waals surface area (Å²) >= 11 is 1.68. The van der Waals surface area contributed by atoms with Crippen molar-refractivity contribution in [3.8, 4) is 22.1 Å². The van der Waals surface area contributed by atoms with Crippen LogP contribution in [0.2, 0.25) is 0 Å². The molecular weight excluding hydrogens is 362 g/mol. The summed E-state index contributed by atoms with van der Waals surface area (Å²) in [7, 11) is 3.25. The molecule has 2 aromatic heterocycles. The molecule has 0 fully saturated rings. The van der Waals surface area contributed by atoms with E-state index in [2.05, 4.69) is 23.2 Å². The summed E-state index contributed by atoms with van der Waals surface area (Å²) in [5.41, 5.74) is 3.59. The Labute approximate surface area is 161 Å². The second kappa shape index (κ2) is 7.08. The Morgan fingerprint density at radius 2 is 1.89 bits per heavy atom. The zero-order valence-corrected chi connectivity index (χ0v) is 16.4. The lowest BCUT2D eigenvalue weighted by Gasteiger charge is -2.29. The molecule has 0 spiro atoms. The lowest BCUT2D eigenvalue weighted by atomic mass is 9.98. The number of methoxy groups -OCH3 is 2. The number of amides is 1. The highest BCUT2D eigenvalue weighted by atomic mass is 32.1. The van der Waals surface area contributed by atoms with E-state index in [9.17, 15) is 4.79 Å². The molecule has 0 saturated carbocycles. The lowest BCUT2D eigenvalue weighted by molar-refractivity contribution is 0.0728. The summed E-state index contributed by atoms with van der Waals surface area (Å²) < 4.78 is 10.8. The number of aryl methyl sites for hydroxylation is 1. The number of carbonyl (C=O) groups excluding carboxylic acids is 1. The zero-order valence-electron chi connectivity index (χ0n) is 15.5. The molecule has 1 amide bonds. The van der Waals surface area contributed by atoms with Gasteiger partial charge in [-0.05, 0) is 54.8 Å². The van der Waals surface area contributed by atoms with E-state index in [1.807, 2.05) is 29.2 Å². The van der Waals surface area contributed by atoms with Crippen molar-refractivity contribution in [3.05, 3.63) is 52.0 Å². The first-order valence-electron chi connectivity index (χ1n) is 8.74. The van der Waals surface area contributed by atoms with Gasteiger partial charge in [0.1, 0.15) is 0 Å². The van der Waals surface area contributed by atoms with Crippen LogP contribution in [0.4, 0.5) is 0 Å². The number of aromatic nitrogens is 2. The molecule has 1 aromatic carbocycles. The standard InChI is InChI=1S/C20H21N3O3S/c1-12-4-5-19(27-12)15-10-16(22-21-15)20(24)23-7-6-13-8-17(25-2)18(26-3)9-14(13)11-23/h4-5,8-10H,6-7,11H2,1-3H3,(H,21,22). The Kier molecular flexibility index (Phi) is 4.61. The molecule has 3 heterocycles. The van der Waals surface area contributed by atoms with Gasteiger partial charge >= 0.3 is 0 Å². The maximum Gasteiger partial charge on any atom is 0.274 e. The minimum absolute atomic E-state index is 0.0637. The number of hydrogen-bond acceptors (Lipinski definition) is 5. The summed E-state index contributed by atoms with van der Waals surface area (Å²) in [6.45, 7) is 3.25. The van der Waals surface area contributed by atoms with E-state index in [1.165, 1.54) is 10.4 Å². The highest BCUT2D eigenvalue weighted by Crippen LogP contribution is 2.33. The molecule has 1 aliphatic heterocycles. The number of fused-ring (bicyclic) bond motifs is 1. The van der Waals surface area contributed by atoms with Gasteiger partial charge in [-0.3, -0.25) is 9.89 Å². The number of ether oxygens (including phenoxy) is 2. The molecule has 0 atom stereocenters. The second-order valence-corrected chi connectivity index (χ2v) is 7.82. The van der Waals surface area contributed by atoms with E-state index in [0.717, 1.165) is 28.3 Å². The summed E-state index contributed by atoms with van der Waals surface area (Å²) in [6.07, 6.45) is 0.781. The Morgan fingerprint density at radius 3 is 2.56 bits per heavy atom. The third kappa shape index (κ3) is 3.30. The quantitative estimate of drug-likeness (QED) is 0.747. The van der Waals surface area contributed by atoms with Crippen molar-refractivity contribution in [3.63, 3.8) is 0 Å². The van der Waals surface area contributed by atoms with Gasteiger partial charge in [-0.1, -0.05) is 0 Å². The molecule has 0 unspecified atom stereocenters. The van der Waals surface area contributed by atoms with Gasteiger partial charge in [-0.15, -0.1) is 11.3 Å². The first-order chi connectivity index (χ1) is 13.1. The topological polar surface area (TPSA) is 67.5 Å². The maximum atomic E-state index is 12.9. The molecule has 1 aliphatic rings. The van der Waals surface area contributed by atoms with Gasteiger partial charge in [0.05, 0.1) is 24.8 Å². The van der Waals surface area contributed by atoms with Gasteiger partial charge in [0.2, 0.25) is 0 Å². The molecule has 27 heavy (non-hydrogen) atoms. The molecule has 7 heteroatoms. The number of nitrogens with zero attached hydrogens (tertiary/aromatic N) is 2. The van der Waals surface area contributed by atoms with Gasteiger partial charge in [-0.2, -0.15) is 5.10 Å². The SMILES string of the molecule is COc1cc2c(cc1OC)CN(C(=O)c1cc(-c3ccc(C)s3)[nH]n1)CC2. The van der Waals surface area contributed by atoms with Gasteiger partial charge in [0, 0.05) is 18.0 Å². The predicted octanol–water partition coefficient (Wildman–Crippen LogP) is 3.66. The average Bonchev–Trinajstić information content (AvgIpc) is 3.34. The zero-order chi connectivity index (χ0) is 19.0. The maximum absolute atomic E-state index is 12.9. The summed E-state index contributed by atoms with van der Waals surface area (Å²) in [5.74, 6) is 1.34. The van der Waals surface area contributed by atoms with Crippen LogP contribution in [0.5, 0.6) is 11.5 Å². The summed E-state index contributed by atoms with van der Waals surface area (Å²) in [6, 6.07) is 9.89. The van der Waals surface area contributed by atoms with Crippen LogP contribution in [0.1, 0.15) is 26.5 Å². The van der Waals surface area contributed by atoms with Crippen LogP contribution in [0.15, 0.2) is 30.3 Å². The van der Waals surface area contributed by atoms with Crippen LogP contribution in [-0.2, 0) is 13.0 Å². The van der Waals surface area contributed by atoms with Crippen LogP contribution in [0.3, 0.4) is 0 Å². The van der Waals surface area contributed by atoms with Gasteiger partial charge in [0.25, 0.3) is 5.91 Å². The Bertz CT molecular complexity index is 992. The molecule has 3 aromatic rings. The van der Waals surface area contributed by atoms with Crippen molar-refractivity contribution in [2.75, 3.05) is 20.8 Å². The molecule has 0 radical (unpaired) electrons. The van der Waals surface area contributed by atoms with Crippen molar-refractivity contribution < 1.29 is 14.3 Å². The number of benzene rings is 1. The number of aromatic amines is 1. The molecule has 4 rings (SSSR count). The summed E-state index contributed by atoms with van der Waals surface area (Å²) in [5, 5.41) is 7.22. The number of hydrogen-bond donors (Lipinski definition) is 1. The second-order valence-electron chi connectivity index (χ2n) is 6.53. The average molecular weight is 383 g/mol. The number of thiophene rings is 1. The van der Waals surface area contributed by atoms with E-state index in [0.29, 0.717) is 24.5 Å². The Hall–Kier alpha value is -2.80.